The van der Waals surface area contributed by atoms with Gasteiger partial charge in [-0.05, 0) is 19.2 Å². The topological polar surface area (TPSA) is 61.3 Å². The summed E-state index contributed by atoms with van der Waals surface area (Å²) in [4.78, 5) is 0. The molecule has 2 N–H and O–H groups in total. The SMILES string of the molecule is Cc1cc(COc2c([C@@H](C)N)ccc3ccccc23)on1. The van der Waals surface area contributed by atoms with Crippen molar-refractivity contribution in [3.63, 3.8) is 0 Å². The summed E-state index contributed by atoms with van der Waals surface area (Å²) in [6.45, 7) is 4.18. The van der Waals surface area contributed by atoms with E-state index in [4.69, 9.17) is 15.0 Å². The van der Waals surface area contributed by atoms with E-state index in [0.717, 1.165) is 27.8 Å². The van der Waals surface area contributed by atoms with Crippen LogP contribution < -0.4 is 10.5 Å². The van der Waals surface area contributed by atoms with Crippen LogP contribution in [-0.4, -0.2) is 5.16 Å². The molecule has 0 amide bonds. The fourth-order valence-corrected chi connectivity index (χ4v) is 2.41. The first kappa shape index (κ1) is 13.6. The highest BCUT2D eigenvalue weighted by Gasteiger charge is 2.13. The van der Waals surface area contributed by atoms with Gasteiger partial charge in [0.1, 0.15) is 12.4 Å². The van der Waals surface area contributed by atoms with E-state index in [-0.39, 0.29) is 6.04 Å². The molecule has 0 unspecified atom stereocenters. The van der Waals surface area contributed by atoms with E-state index in [2.05, 4.69) is 17.3 Å². The lowest BCUT2D eigenvalue weighted by Gasteiger charge is -2.16. The minimum atomic E-state index is -0.0962. The smallest absolute Gasteiger partial charge is 0.174 e. The number of rotatable bonds is 4. The molecule has 0 saturated carbocycles. The molecule has 21 heavy (non-hydrogen) atoms. The maximum absolute atomic E-state index is 6.06. The molecule has 108 valence electrons. The number of fused-ring (bicyclic) bond motifs is 1. The van der Waals surface area contributed by atoms with Crippen molar-refractivity contribution < 1.29 is 9.26 Å². The van der Waals surface area contributed by atoms with E-state index in [1.807, 2.05) is 44.2 Å². The van der Waals surface area contributed by atoms with E-state index in [1.54, 1.807) is 0 Å². The summed E-state index contributed by atoms with van der Waals surface area (Å²) in [7, 11) is 0. The molecule has 0 spiro atoms. The number of benzene rings is 2. The van der Waals surface area contributed by atoms with Gasteiger partial charge in [0.25, 0.3) is 0 Å². The third kappa shape index (κ3) is 2.76. The second kappa shape index (κ2) is 5.58. The highest BCUT2D eigenvalue weighted by Crippen LogP contribution is 2.33. The molecule has 0 bridgehead atoms. The number of aromatic nitrogens is 1. The summed E-state index contributed by atoms with van der Waals surface area (Å²) in [5.41, 5.74) is 7.90. The summed E-state index contributed by atoms with van der Waals surface area (Å²) >= 11 is 0. The van der Waals surface area contributed by atoms with Crippen molar-refractivity contribution in [2.75, 3.05) is 0 Å². The van der Waals surface area contributed by atoms with Gasteiger partial charge in [0.05, 0.1) is 5.69 Å². The van der Waals surface area contributed by atoms with Crippen LogP contribution in [0.5, 0.6) is 5.75 Å². The van der Waals surface area contributed by atoms with E-state index < -0.39 is 0 Å². The van der Waals surface area contributed by atoms with Gasteiger partial charge < -0.3 is 15.0 Å². The Hall–Kier alpha value is -2.33. The first-order valence-electron chi connectivity index (χ1n) is 6.97. The average molecular weight is 282 g/mol. The van der Waals surface area contributed by atoms with Crippen LogP contribution >= 0.6 is 0 Å². The molecular formula is C17H18N2O2. The first-order chi connectivity index (χ1) is 10.1. The van der Waals surface area contributed by atoms with E-state index in [1.165, 1.54) is 0 Å². The fourth-order valence-electron chi connectivity index (χ4n) is 2.41. The lowest BCUT2D eigenvalue weighted by Crippen LogP contribution is -2.08. The quantitative estimate of drug-likeness (QED) is 0.792. The largest absolute Gasteiger partial charge is 0.485 e. The third-order valence-corrected chi connectivity index (χ3v) is 3.44. The van der Waals surface area contributed by atoms with Crippen LogP contribution in [0.4, 0.5) is 0 Å². The summed E-state index contributed by atoms with van der Waals surface area (Å²) in [6, 6.07) is 14.0. The highest BCUT2D eigenvalue weighted by molar-refractivity contribution is 5.89. The molecule has 0 radical (unpaired) electrons. The van der Waals surface area contributed by atoms with E-state index >= 15 is 0 Å². The average Bonchev–Trinajstić information content (AvgIpc) is 2.90. The van der Waals surface area contributed by atoms with Crippen molar-refractivity contribution in [2.45, 2.75) is 26.5 Å². The van der Waals surface area contributed by atoms with Crippen LogP contribution in [0.2, 0.25) is 0 Å². The maximum Gasteiger partial charge on any atom is 0.174 e. The van der Waals surface area contributed by atoms with Crippen LogP contribution in [0.3, 0.4) is 0 Å². The predicted molar refractivity (Wildman–Crippen MR) is 82.1 cm³/mol. The van der Waals surface area contributed by atoms with Crippen molar-refractivity contribution in [1.29, 1.82) is 0 Å². The Balaban J connectivity index is 1.99. The highest BCUT2D eigenvalue weighted by atomic mass is 16.5. The van der Waals surface area contributed by atoms with Gasteiger partial charge in [-0.25, -0.2) is 0 Å². The van der Waals surface area contributed by atoms with Gasteiger partial charge in [0.15, 0.2) is 5.76 Å². The molecule has 1 heterocycles. The minimum absolute atomic E-state index is 0.0962. The van der Waals surface area contributed by atoms with Gasteiger partial charge in [-0.15, -0.1) is 0 Å². The monoisotopic (exact) mass is 282 g/mol. The van der Waals surface area contributed by atoms with Crippen LogP contribution in [0.25, 0.3) is 10.8 Å². The number of nitrogens with zero attached hydrogens (tertiary/aromatic N) is 1. The Morgan fingerprint density at radius 3 is 2.76 bits per heavy atom. The molecule has 0 aliphatic carbocycles. The van der Waals surface area contributed by atoms with Crippen molar-refractivity contribution in [3.05, 3.63) is 59.5 Å². The van der Waals surface area contributed by atoms with Gasteiger partial charge in [-0.1, -0.05) is 41.6 Å². The number of nitrogens with two attached hydrogens (primary N) is 1. The summed E-state index contributed by atoms with van der Waals surface area (Å²) in [5, 5.41) is 6.06. The number of hydrogen-bond acceptors (Lipinski definition) is 4. The van der Waals surface area contributed by atoms with E-state index in [9.17, 15) is 0 Å². The maximum atomic E-state index is 6.06. The van der Waals surface area contributed by atoms with Crippen molar-refractivity contribution in [1.82, 2.24) is 5.16 Å². The lowest BCUT2D eigenvalue weighted by atomic mass is 10.0. The molecule has 0 saturated heterocycles. The number of hydrogen-bond donors (Lipinski definition) is 1. The van der Waals surface area contributed by atoms with Crippen LogP contribution in [0.15, 0.2) is 47.0 Å². The summed E-state index contributed by atoms with van der Waals surface area (Å²) < 4.78 is 11.2. The van der Waals surface area contributed by atoms with Crippen LogP contribution in [0, 0.1) is 6.92 Å². The van der Waals surface area contributed by atoms with Gasteiger partial charge >= 0.3 is 0 Å². The van der Waals surface area contributed by atoms with Crippen LogP contribution in [-0.2, 0) is 6.61 Å². The molecule has 3 rings (SSSR count). The molecule has 2 aromatic carbocycles. The molecule has 3 aromatic rings. The Bertz CT molecular complexity index is 762. The zero-order chi connectivity index (χ0) is 14.8. The lowest BCUT2D eigenvalue weighted by molar-refractivity contribution is 0.248. The third-order valence-electron chi connectivity index (χ3n) is 3.44. The second-order valence-corrected chi connectivity index (χ2v) is 5.22. The molecule has 0 aliphatic heterocycles. The Kier molecular flexibility index (Phi) is 3.62. The molecule has 1 aromatic heterocycles. The fraction of sp³-hybridized carbons (Fsp3) is 0.235. The van der Waals surface area contributed by atoms with Gasteiger partial charge in [0.2, 0.25) is 0 Å². The predicted octanol–water partition coefficient (Wildman–Crippen LogP) is 3.73. The van der Waals surface area contributed by atoms with Gasteiger partial charge in [-0.3, -0.25) is 0 Å². The minimum Gasteiger partial charge on any atom is -0.485 e. The zero-order valence-electron chi connectivity index (χ0n) is 12.2. The van der Waals surface area contributed by atoms with E-state index in [0.29, 0.717) is 12.4 Å². The van der Waals surface area contributed by atoms with Crippen molar-refractivity contribution >= 4 is 10.8 Å². The Labute approximate surface area is 123 Å². The van der Waals surface area contributed by atoms with Crippen LogP contribution in [0.1, 0.15) is 30.0 Å². The van der Waals surface area contributed by atoms with Gasteiger partial charge in [-0.2, -0.15) is 0 Å². The molecular weight excluding hydrogens is 264 g/mol. The molecule has 4 nitrogen and oxygen atoms in total. The standard InChI is InChI=1S/C17H18N2O2/c1-11-9-14(21-19-11)10-20-17-15(12(2)18)8-7-13-5-3-4-6-16(13)17/h3-9,12H,10,18H2,1-2H3/t12-/m1/s1. The summed E-state index contributed by atoms with van der Waals surface area (Å²) in [5.74, 6) is 1.52. The molecule has 0 aliphatic rings. The summed E-state index contributed by atoms with van der Waals surface area (Å²) in [6.07, 6.45) is 0. The second-order valence-electron chi connectivity index (χ2n) is 5.22. The number of aryl methyl sites for hydroxylation is 1. The van der Waals surface area contributed by atoms with Crippen molar-refractivity contribution in [2.24, 2.45) is 5.73 Å². The van der Waals surface area contributed by atoms with Gasteiger partial charge in [0, 0.05) is 23.1 Å². The Morgan fingerprint density at radius 2 is 2.05 bits per heavy atom. The number of ether oxygens (including phenoxy) is 1. The normalized spacial score (nSPS) is 12.5. The van der Waals surface area contributed by atoms with Crippen molar-refractivity contribution in [3.8, 4) is 5.75 Å². The first-order valence-corrected chi connectivity index (χ1v) is 6.97. The molecule has 0 fully saturated rings. The Morgan fingerprint density at radius 1 is 1.24 bits per heavy atom. The zero-order valence-corrected chi connectivity index (χ0v) is 12.2. The molecule has 1 atom stereocenters. The molecule has 4 heteroatoms.